The van der Waals surface area contributed by atoms with Crippen molar-refractivity contribution in [2.24, 2.45) is 5.41 Å². The smallest absolute Gasteiger partial charge is 0.357 e. The number of nitrogens with zero attached hydrogens (tertiary/aromatic N) is 2. The summed E-state index contributed by atoms with van der Waals surface area (Å²) in [7, 11) is 1.38. The molecule has 19 heavy (non-hydrogen) atoms. The van der Waals surface area contributed by atoms with Crippen LogP contribution in [0.1, 0.15) is 29.8 Å². The highest BCUT2D eigenvalue weighted by Gasteiger charge is 2.40. The molecular weight excluding hydrogens is 264 g/mol. The summed E-state index contributed by atoms with van der Waals surface area (Å²) in [4.78, 5) is 18.1. The molecule has 0 unspecified atom stereocenters. The minimum Gasteiger partial charge on any atom is -0.464 e. The Morgan fingerprint density at radius 1 is 1.47 bits per heavy atom. The van der Waals surface area contributed by atoms with Crippen LogP contribution in [0, 0.1) is 5.41 Å². The van der Waals surface area contributed by atoms with E-state index in [1.807, 2.05) is 0 Å². The molecular formula is C13H18N2O3S. The molecule has 3 rings (SSSR count). The van der Waals surface area contributed by atoms with Gasteiger partial charge in [0.2, 0.25) is 0 Å². The Bertz CT molecular complexity index is 468. The summed E-state index contributed by atoms with van der Waals surface area (Å²) in [6.45, 7) is 3.80. The van der Waals surface area contributed by atoms with Gasteiger partial charge in [-0.3, -0.25) is 0 Å². The molecule has 6 heteroatoms. The van der Waals surface area contributed by atoms with Crippen LogP contribution in [0.3, 0.4) is 0 Å². The van der Waals surface area contributed by atoms with Crippen molar-refractivity contribution in [3.05, 3.63) is 11.1 Å². The predicted molar refractivity (Wildman–Crippen MR) is 72.8 cm³/mol. The van der Waals surface area contributed by atoms with E-state index in [1.165, 1.54) is 24.9 Å². The van der Waals surface area contributed by atoms with Gasteiger partial charge < -0.3 is 14.4 Å². The van der Waals surface area contributed by atoms with E-state index in [0.29, 0.717) is 11.1 Å². The molecule has 2 aliphatic rings. The van der Waals surface area contributed by atoms with Gasteiger partial charge in [-0.25, -0.2) is 9.78 Å². The molecule has 1 aromatic rings. The summed E-state index contributed by atoms with van der Waals surface area (Å²) >= 11 is 1.52. The number of carbonyl (C=O) groups excluding carboxylic acids is 1. The molecule has 2 fully saturated rings. The lowest BCUT2D eigenvalue weighted by Gasteiger charge is -2.33. The van der Waals surface area contributed by atoms with Crippen molar-refractivity contribution in [2.45, 2.75) is 19.3 Å². The van der Waals surface area contributed by atoms with E-state index in [1.54, 1.807) is 5.38 Å². The molecule has 0 atom stereocenters. The van der Waals surface area contributed by atoms with Crippen molar-refractivity contribution in [3.63, 3.8) is 0 Å². The van der Waals surface area contributed by atoms with E-state index in [2.05, 4.69) is 9.88 Å². The van der Waals surface area contributed by atoms with Crippen molar-refractivity contribution >= 4 is 22.4 Å². The number of hydrogen-bond donors (Lipinski definition) is 0. The Kier molecular flexibility index (Phi) is 3.45. The number of anilines is 1. The van der Waals surface area contributed by atoms with Gasteiger partial charge in [-0.2, -0.15) is 0 Å². The molecule has 2 saturated heterocycles. The fourth-order valence-electron chi connectivity index (χ4n) is 2.92. The highest BCUT2D eigenvalue weighted by Crippen LogP contribution is 2.41. The van der Waals surface area contributed by atoms with E-state index >= 15 is 0 Å². The number of rotatable bonds is 2. The van der Waals surface area contributed by atoms with Crippen LogP contribution >= 0.6 is 11.3 Å². The zero-order valence-electron chi connectivity index (χ0n) is 11.1. The zero-order valence-corrected chi connectivity index (χ0v) is 11.9. The summed E-state index contributed by atoms with van der Waals surface area (Å²) in [6.07, 6.45) is 3.47. The molecule has 104 valence electrons. The number of aromatic nitrogens is 1. The molecule has 3 heterocycles. The Morgan fingerprint density at radius 2 is 2.26 bits per heavy atom. The van der Waals surface area contributed by atoms with Crippen LogP contribution in [-0.2, 0) is 9.47 Å². The van der Waals surface area contributed by atoms with Crippen molar-refractivity contribution in [1.82, 2.24) is 4.98 Å². The minimum absolute atomic E-state index is 0.359. The number of thiazole rings is 1. The summed E-state index contributed by atoms with van der Waals surface area (Å²) in [5, 5.41) is 2.71. The second-order valence-corrected chi connectivity index (χ2v) is 6.13. The molecule has 1 spiro atoms. The largest absolute Gasteiger partial charge is 0.464 e. The number of hydrogen-bond acceptors (Lipinski definition) is 6. The molecule has 0 aliphatic carbocycles. The summed E-state index contributed by atoms with van der Waals surface area (Å²) in [5.74, 6) is -0.359. The van der Waals surface area contributed by atoms with Gasteiger partial charge in [-0.15, -0.1) is 11.3 Å². The van der Waals surface area contributed by atoms with Gasteiger partial charge in [0.1, 0.15) is 0 Å². The lowest BCUT2D eigenvalue weighted by atomic mass is 9.80. The van der Waals surface area contributed by atoms with E-state index < -0.39 is 0 Å². The molecule has 0 aromatic carbocycles. The van der Waals surface area contributed by atoms with Crippen LogP contribution in [0.5, 0.6) is 0 Å². The van der Waals surface area contributed by atoms with E-state index in [-0.39, 0.29) is 5.97 Å². The Hall–Kier alpha value is -1.14. The van der Waals surface area contributed by atoms with Gasteiger partial charge in [0.05, 0.1) is 7.11 Å². The maximum Gasteiger partial charge on any atom is 0.357 e. The number of ether oxygens (including phenoxy) is 2. The van der Waals surface area contributed by atoms with E-state index in [9.17, 15) is 4.79 Å². The van der Waals surface area contributed by atoms with Crippen LogP contribution in [0.2, 0.25) is 0 Å². The second kappa shape index (κ2) is 5.09. The highest BCUT2D eigenvalue weighted by molar-refractivity contribution is 7.13. The Labute approximate surface area is 116 Å². The monoisotopic (exact) mass is 282 g/mol. The Balaban J connectivity index is 1.70. The lowest BCUT2D eigenvalue weighted by Crippen LogP contribution is -2.33. The van der Waals surface area contributed by atoms with Gasteiger partial charge in [-0.1, -0.05) is 0 Å². The summed E-state index contributed by atoms with van der Waals surface area (Å²) in [5.41, 5.74) is 0.811. The molecule has 0 bridgehead atoms. The van der Waals surface area contributed by atoms with Crippen LogP contribution in [0.4, 0.5) is 5.13 Å². The van der Waals surface area contributed by atoms with Crippen LogP contribution in [0.15, 0.2) is 5.38 Å². The minimum atomic E-state index is -0.359. The van der Waals surface area contributed by atoms with Gasteiger partial charge >= 0.3 is 5.97 Å². The third kappa shape index (κ3) is 2.47. The van der Waals surface area contributed by atoms with Crippen LogP contribution in [0.25, 0.3) is 0 Å². The topological polar surface area (TPSA) is 51.7 Å². The molecule has 2 aliphatic heterocycles. The summed E-state index contributed by atoms with van der Waals surface area (Å²) < 4.78 is 10.1. The van der Waals surface area contributed by atoms with Crippen LogP contribution in [-0.4, -0.2) is 44.4 Å². The molecule has 5 nitrogen and oxygen atoms in total. The molecule has 1 aromatic heterocycles. The van der Waals surface area contributed by atoms with E-state index in [0.717, 1.165) is 44.3 Å². The van der Waals surface area contributed by atoms with Gasteiger partial charge in [0.25, 0.3) is 0 Å². The third-order valence-corrected chi connectivity index (χ3v) is 5.05. The number of esters is 1. The van der Waals surface area contributed by atoms with Crippen molar-refractivity contribution < 1.29 is 14.3 Å². The van der Waals surface area contributed by atoms with Crippen molar-refractivity contribution in [2.75, 3.05) is 38.3 Å². The standard InChI is InChI=1S/C13H18N2O3S/c1-17-11(16)10-8-19-12(14-10)15-5-2-13(9-15)3-6-18-7-4-13/h8H,2-7,9H2,1H3. The Morgan fingerprint density at radius 3 is 3.00 bits per heavy atom. The molecule has 0 saturated carbocycles. The normalized spacial score (nSPS) is 21.8. The van der Waals surface area contributed by atoms with Gasteiger partial charge in [0, 0.05) is 31.7 Å². The van der Waals surface area contributed by atoms with Gasteiger partial charge in [0.15, 0.2) is 10.8 Å². The number of carbonyl (C=O) groups is 1. The summed E-state index contributed by atoms with van der Waals surface area (Å²) in [6, 6.07) is 0. The average Bonchev–Trinajstić information content (AvgIpc) is 3.06. The van der Waals surface area contributed by atoms with Gasteiger partial charge in [-0.05, 0) is 24.7 Å². The fourth-order valence-corrected chi connectivity index (χ4v) is 3.74. The van der Waals surface area contributed by atoms with Crippen molar-refractivity contribution in [3.8, 4) is 0 Å². The van der Waals surface area contributed by atoms with E-state index in [4.69, 9.17) is 9.47 Å². The second-order valence-electron chi connectivity index (χ2n) is 5.29. The van der Waals surface area contributed by atoms with Crippen LogP contribution < -0.4 is 4.90 Å². The highest BCUT2D eigenvalue weighted by atomic mass is 32.1. The maximum absolute atomic E-state index is 11.4. The molecule has 0 radical (unpaired) electrons. The predicted octanol–water partition coefficient (Wildman–Crippen LogP) is 1.94. The first-order valence-corrected chi connectivity index (χ1v) is 7.47. The first kappa shape index (κ1) is 12.9. The average molecular weight is 282 g/mol. The quantitative estimate of drug-likeness (QED) is 0.776. The first-order chi connectivity index (χ1) is 9.22. The third-order valence-electron chi connectivity index (χ3n) is 4.15. The lowest BCUT2D eigenvalue weighted by molar-refractivity contribution is 0.0254. The maximum atomic E-state index is 11.4. The molecule has 0 N–H and O–H groups in total. The zero-order chi connectivity index (χ0) is 13.3. The van der Waals surface area contributed by atoms with Crippen molar-refractivity contribution in [1.29, 1.82) is 0 Å². The first-order valence-electron chi connectivity index (χ1n) is 6.59. The fraction of sp³-hybridized carbons (Fsp3) is 0.692. The SMILES string of the molecule is COC(=O)c1csc(N2CCC3(CCOCC3)C2)n1. The number of methoxy groups -OCH3 is 1. The molecule has 0 amide bonds.